The van der Waals surface area contributed by atoms with E-state index in [0.717, 1.165) is 39.4 Å². The van der Waals surface area contributed by atoms with Crippen molar-refractivity contribution < 1.29 is 14.3 Å². The molecule has 1 N–H and O–H groups in total. The Labute approximate surface area is 243 Å². The first-order valence-corrected chi connectivity index (χ1v) is 13.9. The van der Waals surface area contributed by atoms with E-state index in [4.69, 9.17) is 9.47 Å². The van der Waals surface area contributed by atoms with Crippen molar-refractivity contribution in [1.82, 2.24) is 20.2 Å². The Hall–Kier alpha value is -4.89. The maximum atomic E-state index is 12.7. The summed E-state index contributed by atoms with van der Waals surface area (Å²) in [5.41, 5.74) is 8.29. The van der Waals surface area contributed by atoms with Crippen molar-refractivity contribution in [2.24, 2.45) is 5.10 Å². The molecule has 1 aromatic heterocycles. The Morgan fingerprint density at radius 2 is 1.37 bits per heavy atom. The molecule has 41 heavy (non-hydrogen) atoms. The summed E-state index contributed by atoms with van der Waals surface area (Å²) in [5.74, 6) is 2.00. The molecule has 0 aliphatic carbocycles. The van der Waals surface area contributed by atoms with Crippen LogP contribution < -0.4 is 14.9 Å². The lowest BCUT2D eigenvalue weighted by Crippen LogP contribution is -2.21. The summed E-state index contributed by atoms with van der Waals surface area (Å²) >= 11 is 1.28. The second-order valence-electron chi connectivity index (χ2n) is 9.03. The summed E-state index contributed by atoms with van der Waals surface area (Å²) in [4.78, 5) is 12.7. The van der Waals surface area contributed by atoms with Gasteiger partial charge in [-0.05, 0) is 72.1 Å². The predicted molar refractivity (Wildman–Crippen MR) is 163 cm³/mol. The van der Waals surface area contributed by atoms with Crippen LogP contribution in [0, 0.1) is 0 Å². The van der Waals surface area contributed by atoms with Gasteiger partial charge in [0.2, 0.25) is 0 Å². The molecule has 0 aliphatic heterocycles. The molecule has 1 amide bonds. The van der Waals surface area contributed by atoms with Gasteiger partial charge in [-0.2, -0.15) is 5.10 Å². The van der Waals surface area contributed by atoms with Crippen molar-refractivity contribution in [1.29, 1.82) is 0 Å². The molecule has 0 saturated carbocycles. The number of aromatic nitrogens is 3. The number of hydrogen-bond donors (Lipinski definition) is 1. The average molecular weight is 564 g/mol. The SMILES string of the molecule is COc1ccc(-c2nnc(SCC(=O)NN=C(C)c3ccc(-c4ccccc4)cc3)n2-c2ccc(OC)cc2)cc1. The smallest absolute Gasteiger partial charge is 0.250 e. The van der Waals surface area contributed by atoms with E-state index in [2.05, 4.69) is 32.9 Å². The van der Waals surface area contributed by atoms with Gasteiger partial charge in [0.15, 0.2) is 11.0 Å². The van der Waals surface area contributed by atoms with Crippen LogP contribution in [0.15, 0.2) is 113 Å². The van der Waals surface area contributed by atoms with Gasteiger partial charge in [0.25, 0.3) is 5.91 Å². The molecule has 1 heterocycles. The highest BCUT2D eigenvalue weighted by Gasteiger charge is 2.18. The molecule has 0 atom stereocenters. The number of nitrogens with one attached hydrogen (secondary N) is 1. The first-order valence-electron chi connectivity index (χ1n) is 12.9. The van der Waals surface area contributed by atoms with Crippen molar-refractivity contribution in [3.05, 3.63) is 109 Å². The Morgan fingerprint density at radius 1 is 0.780 bits per heavy atom. The van der Waals surface area contributed by atoms with Crippen LogP contribution in [-0.4, -0.2) is 46.4 Å². The van der Waals surface area contributed by atoms with E-state index in [1.165, 1.54) is 11.8 Å². The fourth-order valence-corrected chi connectivity index (χ4v) is 4.91. The minimum absolute atomic E-state index is 0.112. The average Bonchev–Trinajstić information content (AvgIpc) is 3.47. The quantitative estimate of drug-likeness (QED) is 0.123. The zero-order valence-electron chi connectivity index (χ0n) is 22.9. The van der Waals surface area contributed by atoms with E-state index >= 15 is 0 Å². The molecule has 0 aliphatic rings. The molecule has 8 nitrogen and oxygen atoms in total. The molecule has 0 radical (unpaired) electrons. The molecule has 5 aromatic rings. The number of benzene rings is 4. The lowest BCUT2D eigenvalue weighted by atomic mass is 10.0. The van der Waals surface area contributed by atoms with Crippen molar-refractivity contribution in [2.75, 3.05) is 20.0 Å². The van der Waals surface area contributed by atoms with Crippen molar-refractivity contribution >= 4 is 23.4 Å². The number of carbonyl (C=O) groups is 1. The van der Waals surface area contributed by atoms with E-state index in [-0.39, 0.29) is 11.7 Å². The number of ether oxygens (including phenoxy) is 2. The van der Waals surface area contributed by atoms with Crippen LogP contribution in [0.2, 0.25) is 0 Å². The highest BCUT2D eigenvalue weighted by molar-refractivity contribution is 7.99. The standard InChI is InChI=1S/C32H29N5O3S/c1-22(23-9-11-25(12-10-23)24-7-5-4-6-8-24)33-34-30(38)21-41-32-36-35-31(26-13-17-28(39-2)18-14-26)37(32)27-15-19-29(40-3)20-16-27/h4-20H,21H2,1-3H3,(H,34,38). The number of hydrogen-bond acceptors (Lipinski definition) is 7. The van der Waals surface area contributed by atoms with Gasteiger partial charge < -0.3 is 9.47 Å². The molecular formula is C32H29N5O3S. The van der Waals surface area contributed by atoms with Gasteiger partial charge in [-0.25, -0.2) is 5.43 Å². The van der Waals surface area contributed by atoms with Crippen LogP contribution in [0.3, 0.4) is 0 Å². The molecule has 206 valence electrons. The van der Waals surface area contributed by atoms with Crippen molar-refractivity contribution in [3.63, 3.8) is 0 Å². The largest absolute Gasteiger partial charge is 0.497 e. The second kappa shape index (κ2) is 13.0. The third-order valence-corrected chi connectivity index (χ3v) is 7.33. The maximum Gasteiger partial charge on any atom is 0.250 e. The highest BCUT2D eigenvalue weighted by atomic mass is 32.2. The first-order chi connectivity index (χ1) is 20.1. The number of methoxy groups -OCH3 is 2. The number of thioether (sulfide) groups is 1. The Morgan fingerprint density at radius 3 is 2.00 bits per heavy atom. The molecule has 0 saturated heterocycles. The molecule has 4 aromatic carbocycles. The lowest BCUT2D eigenvalue weighted by Gasteiger charge is -2.11. The van der Waals surface area contributed by atoms with Gasteiger partial charge in [0.05, 0.1) is 25.7 Å². The minimum atomic E-state index is -0.245. The highest BCUT2D eigenvalue weighted by Crippen LogP contribution is 2.30. The molecule has 5 rings (SSSR count). The van der Waals surface area contributed by atoms with Crippen molar-refractivity contribution in [2.45, 2.75) is 12.1 Å². The zero-order chi connectivity index (χ0) is 28.6. The molecule has 0 spiro atoms. The van der Waals surface area contributed by atoms with Crippen LogP contribution in [0.4, 0.5) is 0 Å². The van der Waals surface area contributed by atoms with Gasteiger partial charge in [-0.1, -0.05) is 66.4 Å². The van der Waals surface area contributed by atoms with E-state index in [0.29, 0.717) is 16.7 Å². The molecule has 0 fully saturated rings. The maximum absolute atomic E-state index is 12.7. The third-order valence-electron chi connectivity index (χ3n) is 6.40. The number of hydrazone groups is 1. The Bertz CT molecular complexity index is 1630. The van der Waals surface area contributed by atoms with E-state index in [1.807, 2.05) is 102 Å². The number of nitrogens with zero attached hydrogens (tertiary/aromatic N) is 4. The summed E-state index contributed by atoms with van der Waals surface area (Å²) < 4.78 is 12.5. The molecule has 9 heteroatoms. The first kappa shape index (κ1) is 27.7. The molecule has 0 unspecified atom stereocenters. The van der Waals surface area contributed by atoms with Crippen LogP contribution in [0.5, 0.6) is 11.5 Å². The summed E-state index contributed by atoms with van der Waals surface area (Å²) in [7, 11) is 3.25. The van der Waals surface area contributed by atoms with Gasteiger partial charge in [-0.15, -0.1) is 10.2 Å². The van der Waals surface area contributed by atoms with Crippen LogP contribution >= 0.6 is 11.8 Å². The Balaban J connectivity index is 1.29. The topological polar surface area (TPSA) is 90.6 Å². The van der Waals surface area contributed by atoms with E-state index in [9.17, 15) is 4.79 Å². The van der Waals surface area contributed by atoms with E-state index < -0.39 is 0 Å². The molecule has 0 bridgehead atoms. The number of rotatable bonds is 10. The molecular weight excluding hydrogens is 534 g/mol. The van der Waals surface area contributed by atoms with Crippen LogP contribution in [-0.2, 0) is 4.79 Å². The number of amides is 1. The summed E-state index contributed by atoms with van der Waals surface area (Å²) in [6.45, 7) is 1.87. The van der Waals surface area contributed by atoms with Gasteiger partial charge in [0, 0.05) is 11.3 Å². The normalized spacial score (nSPS) is 11.2. The van der Waals surface area contributed by atoms with Crippen LogP contribution in [0.1, 0.15) is 12.5 Å². The van der Waals surface area contributed by atoms with Gasteiger partial charge in [-0.3, -0.25) is 9.36 Å². The monoisotopic (exact) mass is 563 g/mol. The fraction of sp³-hybridized carbons (Fsp3) is 0.125. The summed E-state index contributed by atoms with van der Waals surface area (Å²) in [6.07, 6.45) is 0. The lowest BCUT2D eigenvalue weighted by molar-refractivity contribution is -0.118. The second-order valence-corrected chi connectivity index (χ2v) is 9.97. The third kappa shape index (κ3) is 6.64. The fourth-order valence-electron chi connectivity index (χ4n) is 4.16. The van der Waals surface area contributed by atoms with Gasteiger partial charge >= 0.3 is 0 Å². The predicted octanol–water partition coefficient (Wildman–Crippen LogP) is 6.25. The minimum Gasteiger partial charge on any atom is -0.497 e. The summed E-state index contributed by atoms with van der Waals surface area (Å²) in [5, 5.41) is 13.7. The summed E-state index contributed by atoms with van der Waals surface area (Å²) in [6, 6.07) is 33.5. The Kier molecular flexibility index (Phi) is 8.76. The zero-order valence-corrected chi connectivity index (χ0v) is 23.8. The van der Waals surface area contributed by atoms with Gasteiger partial charge in [0.1, 0.15) is 11.5 Å². The van der Waals surface area contributed by atoms with E-state index in [1.54, 1.807) is 14.2 Å². The number of carbonyl (C=O) groups excluding carboxylic acids is 1. The van der Waals surface area contributed by atoms with Crippen LogP contribution in [0.25, 0.3) is 28.2 Å². The van der Waals surface area contributed by atoms with Crippen molar-refractivity contribution in [3.8, 4) is 39.7 Å².